The molecule has 0 unspecified atom stereocenters. The highest BCUT2D eigenvalue weighted by atomic mass is 79.9. The van der Waals surface area contributed by atoms with E-state index in [1.807, 2.05) is 0 Å². The summed E-state index contributed by atoms with van der Waals surface area (Å²) in [5.41, 5.74) is 4.03. The summed E-state index contributed by atoms with van der Waals surface area (Å²) in [4.78, 5) is 8.78. The first kappa shape index (κ1) is 11.5. The Morgan fingerprint density at radius 3 is 2.00 bits per heavy atom. The summed E-state index contributed by atoms with van der Waals surface area (Å²) in [7, 11) is 0. The second-order valence-corrected chi connectivity index (χ2v) is 1.90. The minimum absolute atomic E-state index is 0.297. The Balaban J connectivity index is 0. The van der Waals surface area contributed by atoms with E-state index in [2.05, 4.69) is 21.7 Å². The van der Waals surface area contributed by atoms with Crippen LogP contribution in [-0.4, -0.2) is 28.2 Å². The fourth-order valence-electron chi connectivity index (χ4n) is 0.0598. The number of nitrogens with two attached hydrogens (primary N) is 1. The summed E-state index contributed by atoms with van der Waals surface area (Å²) in [6.07, 6.45) is -0.472. The van der Waals surface area contributed by atoms with Crippen molar-refractivity contribution >= 4 is 22.0 Å². The summed E-state index contributed by atoms with van der Waals surface area (Å²) in [5.74, 6) is 0. The van der Waals surface area contributed by atoms with Crippen molar-refractivity contribution in [3.8, 4) is 0 Å². The molecule has 0 aromatic heterocycles. The van der Waals surface area contributed by atoms with Gasteiger partial charge in [0.2, 0.25) is 0 Å². The van der Waals surface area contributed by atoms with E-state index in [1.165, 1.54) is 0 Å². The zero-order valence-corrected chi connectivity index (χ0v) is 6.47. The second kappa shape index (κ2) is 10.6. The van der Waals surface area contributed by atoms with Gasteiger partial charge < -0.3 is 15.9 Å². The molecule has 56 valence electrons. The van der Waals surface area contributed by atoms with Gasteiger partial charge in [-0.25, -0.2) is 4.79 Å². The zero-order chi connectivity index (χ0) is 7.70. The molecule has 0 aliphatic heterocycles. The van der Waals surface area contributed by atoms with Crippen LogP contribution in [0.4, 0.5) is 4.79 Å². The van der Waals surface area contributed by atoms with E-state index in [0.29, 0.717) is 6.61 Å². The number of hydrogen-bond acceptors (Lipinski definition) is 2. The topological polar surface area (TPSA) is 83.6 Å². The summed E-state index contributed by atoms with van der Waals surface area (Å²) in [5, 5.41) is 16.1. The maximum atomic E-state index is 8.78. The first-order valence-corrected chi connectivity index (χ1v) is 3.42. The fourth-order valence-corrected chi connectivity index (χ4v) is 0.311. The second-order valence-electron chi connectivity index (χ2n) is 1.10. The van der Waals surface area contributed by atoms with Gasteiger partial charge in [-0.05, 0) is 6.42 Å². The highest BCUT2D eigenvalue weighted by Crippen LogP contribution is 1.81. The Bertz CT molecular complexity index is 62.8. The third-order valence-electron chi connectivity index (χ3n) is 0.292. The SMILES string of the molecule is NC(=O)O.OCCCBr. The van der Waals surface area contributed by atoms with Crippen LogP contribution in [0.3, 0.4) is 0 Å². The van der Waals surface area contributed by atoms with Crippen LogP contribution in [0.5, 0.6) is 0 Å². The first-order chi connectivity index (χ1) is 4.15. The lowest BCUT2D eigenvalue weighted by Crippen LogP contribution is -2.03. The van der Waals surface area contributed by atoms with Gasteiger partial charge in [0.15, 0.2) is 0 Å². The van der Waals surface area contributed by atoms with Gasteiger partial charge in [-0.2, -0.15) is 0 Å². The van der Waals surface area contributed by atoms with Crippen LogP contribution in [0.25, 0.3) is 0 Å². The number of aliphatic hydroxyl groups is 1. The Morgan fingerprint density at radius 1 is 1.67 bits per heavy atom. The van der Waals surface area contributed by atoms with Crippen LogP contribution in [0, 0.1) is 0 Å². The molecule has 0 fully saturated rings. The van der Waals surface area contributed by atoms with Crippen LogP contribution < -0.4 is 5.73 Å². The van der Waals surface area contributed by atoms with E-state index in [-0.39, 0.29) is 0 Å². The van der Waals surface area contributed by atoms with Crippen LogP contribution in [0.2, 0.25) is 0 Å². The van der Waals surface area contributed by atoms with E-state index in [1.54, 1.807) is 0 Å². The van der Waals surface area contributed by atoms with Crippen LogP contribution >= 0.6 is 15.9 Å². The molecular weight excluding hydrogens is 190 g/mol. The molecule has 1 amide bonds. The van der Waals surface area contributed by atoms with Gasteiger partial charge >= 0.3 is 6.09 Å². The summed E-state index contributed by atoms with van der Waals surface area (Å²) in [6, 6.07) is 0. The minimum Gasteiger partial charge on any atom is -0.465 e. The summed E-state index contributed by atoms with van der Waals surface area (Å²) < 4.78 is 0. The highest BCUT2D eigenvalue weighted by molar-refractivity contribution is 9.09. The van der Waals surface area contributed by atoms with Gasteiger partial charge in [-0.1, -0.05) is 15.9 Å². The standard InChI is InChI=1S/C3H7BrO.CH3NO2/c4-2-1-3-5;2-1(3)4/h5H,1-3H2;2H2,(H,3,4). The fraction of sp³-hybridized carbons (Fsp3) is 0.750. The van der Waals surface area contributed by atoms with Crippen molar-refractivity contribution in [2.45, 2.75) is 6.42 Å². The molecule has 0 atom stereocenters. The summed E-state index contributed by atoms with van der Waals surface area (Å²) >= 11 is 3.15. The van der Waals surface area contributed by atoms with Gasteiger partial charge in [-0.15, -0.1) is 0 Å². The normalized spacial score (nSPS) is 7.33. The molecule has 9 heavy (non-hydrogen) atoms. The predicted octanol–water partition coefficient (Wildman–Crippen LogP) is 0.387. The van der Waals surface area contributed by atoms with E-state index in [9.17, 15) is 0 Å². The Hall–Kier alpha value is -0.290. The Morgan fingerprint density at radius 2 is 2.00 bits per heavy atom. The van der Waals surface area contributed by atoms with Crippen LogP contribution in [0.15, 0.2) is 0 Å². The lowest BCUT2D eigenvalue weighted by Gasteiger charge is -1.78. The molecule has 0 heterocycles. The molecular formula is C4H10BrNO3. The van der Waals surface area contributed by atoms with Crippen molar-refractivity contribution in [1.29, 1.82) is 0 Å². The number of aliphatic hydroxyl groups excluding tert-OH is 1. The number of amides is 1. The number of carboxylic acid groups (broad SMARTS) is 1. The molecule has 0 radical (unpaired) electrons. The van der Waals surface area contributed by atoms with Crippen LogP contribution in [0.1, 0.15) is 6.42 Å². The van der Waals surface area contributed by atoms with E-state index in [4.69, 9.17) is 15.0 Å². The first-order valence-electron chi connectivity index (χ1n) is 2.30. The third-order valence-corrected chi connectivity index (χ3v) is 0.852. The van der Waals surface area contributed by atoms with Gasteiger partial charge in [0.25, 0.3) is 0 Å². The number of halogens is 1. The van der Waals surface area contributed by atoms with E-state index < -0.39 is 6.09 Å². The largest absolute Gasteiger partial charge is 0.465 e. The molecule has 0 spiro atoms. The maximum Gasteiger partial charge on any atom is 0.402 e. The molecule has 0 aromatic carbocycles. The molecule has 0 aliphatic rings. The number of hydrogen-bond donors (Lipinski definition) is 3. The smallest absolute Gasteiger partial charge is 0.402 e. The summed E-state index contributed by atoms with van der Waals surface area (Å²) in [6.45, 7) is 0.297. The quantitative estimate of drug-likeness (QED) is 0.563. The molecule has 4 N–H and O–H groups in total. The van der Waals surface area contributed by atoms with Crippen molar-refractivity contribution in [3.05, 3.63) is 0 Å². The monoisotopic (exact) mass is 199 g/mol. The molecule has 0 aromatic rings. The van der Waals surface area contributed by atoms with Gasteiger partial charge in [0, 0.05) is 11.9 Å². The zero-order valence-electron chi connectivity index (χ0n) is 4.88. The van der Waals surface area contributed by atoms with Gasteiger partial charge in [0.05, 0.1) is 0 Å². The Labute approximate surface area is 61.8 Å². The molecule has 0 rings (SSSR count). The number of rotatable bonds is 2. The molecule has 0 bridgehead atoms. The molecule has 4 nitrogen and oxygen atoms in total. The van der Waals surface area contributed by atoms with E-state index >= 15 is 0 Å². The van der Waals surface area contributed by atoms with Crippen molar-refractivity contribution in [3.63, 3.8) is 0 Å². The number of carbonyl (C=O) groups is 1. The van der Waals surface area contributed by atoms with E-state index in [0.717, 1.165) is 11.8 Å². The van der Waals surface area contributed by atoms with Crippen molar-refractivity contribution in [2.24, 2.45) is 5.73 Å². The third kappa shape index (κ3) is 86.0. The highest BCUT2D eigenvalue weighted by Gasteiger charge is 1.70. The van der Waals surface area contributed by atoms with Crippen molar-refractivity contribution < 1.29 is 15.0 Å². The van der Waals surface area contributed by atoms with Crippen molar-refractivity contribution in [1.82, 2.24) is 0 Å². The lowest BCUT2D eigenvalue weighted by atomic mass is 10.5. The number of primary amides is 1. The number of alkyl halides is 1. The van der Waals surface area contributed by atoms with Crippen molar-refractivity contribution in [2.75, 3.05) is 11.9 Å². The van der Waals surface area contributed by atoms with Gasteiger partial charge in [0.1, 0.15) is 0 Å². The van der Waals surface area contributed by atoms with Gasteiger partial charge in [-0.3, -0.25) is 0 Å². The molecule has 0 aliphatic carbocycles. The van der Waals surface area contributed by atoms with Crippen LogP contribution in [-0.2, 0) is 0 Å². The Kier molecular flexibility index (Phi) is 13.6. The lowest BCUT2D eigenvalue weighted by molar-refractivity contribution is 0.205. The molecule has 5 heteroatoms. The predicted molar refractivity (Wildman–Crippen MR) is 37.7 cm³/mol. The molecule has 0 saturated carbocycles. The maximum absolute atomic E-state index is 8.78. The average molecular weight is 200 g/mol. The average Bonchev–Trinajstić information content (AvgIpc) is 1.66. The molecule has 0 saturated heterocycles. The minimum atomic E-state index is -1.33.